The third-order valence-electron chi connectivity index (χ3n) is 2.78. The minimum Gasteiger partial charge on any atom is -0.495 e. The molecule has 0 aliphatic carbocycles. The molecule has 1 rings (SSSR count). The molecule has 17 heavy (non-hydrogen) atoms. The molecule has 5 heteroatoms. The summed E-state index contributed by atoms with van der Waals surface area (Å²) in [5, 5.41) is 9.32. The van der Waals surface area contributed by atoms with E-state index in [9.17, 15) is 4.79 Å². The summed E-state index contributed by atoms with van der Waals surface area (Å²) in [7, 11) is 1.54. The van der Waals surface area contributed by atoms with Crippen molar-refractivity contribution in [3.63, 3.8) is 0 Å². The Labute approximate surface area is 105 Å². The van der Waals surface area contributed by atoms with Gasteiger partial charge in [0.1, 0.15) is 11.8 Å². The fraction of sp³-hybridized carbons (Fsp3) is 0.417. The average Bonchev–Trinajstić information content (AvgIpc) is 2.28. The van der Waals surface area contributed by atoms with Crippen LogP contribution in [0.5, 0.6) is 5.75 Å². The van der Waals surface area contributed by atoms with Gasteiger partial charge in [0, 0.05) is 0 Å². The van der Waals surface area contributed by atoms with Crippen LogP contribution in [0, 0.1) is 13.8 Å². The standard InChI is InChI=1S/C12H16ClNO3/c1-6-4-10(17-3)11(13)7(2)8(6)5-9(14)12(15)16/h4,9H,5,14H2,1-3H3,(H,15,16). The molecule has 0 fully saturated rings. The highest BCUT2D eigenvalue weighted by Crippen LogP contribution is 2.33. The summed E-state index contributed by atoms with van der Waals surface area (Å²) >= 11 is 6.12. The minimum atomic E-state index is -1.02. The van der Waals surface area contributed by atoms with Crippen molar-refractivity contribution in [3.05, 3.63) is 27.8 Å². The van der Waals surface area contributed by atoms with E-state index in [2.05, 4.69) is 0 Å². The van der Waals surface area contributed by atoms with Gasteiger partial charge in [-0.25, -0.2) is 0 Å². The number of methoxy groups -OCH3 is 1. The van der Waals surface area contributed by atoms with Gasteiger partial charge in [0.25, 0.3) is 0 Å². The molecule has 1 atom stereocenters. The summed E-state index contributed by atoms with van der Waals surface area (Å²) in [5.74, 6) is -0.426. The molecule has 0 bridgehead atoms. The van der Waals surface area contributed by atoms with Gasteiger partial charge < -0.3 is 15.6 Å². The number of carboxylic acid groups (broad SMARTS) is 1. The number of hydrogen-bond donors (Lipinski definition) is 2. The summed E-state index contributed by atoms with van der Waals surface area (Å²) in [6.07, 6.45) is 0.261. The largest absolute Gasteiger partial charge is 0.495 e. The van der Waals surface area contributed by atoms with Gasteiger partial charge >= 0.3 is 5.97 Å². The van der Waals surface area contributed by atoms with Crippen LogP contribution < -0.4 is 10.5 Å². The molecule has 1 aromatic carbocycles. The molecule has 0 aromatic heterocycles. The Hall–Kier alpha value is -1.26. The van der Waals surface area contributed by atoms with Crippen LogP contribution in [0.1, 0.15) is 16.7 Å². The Morgan fingerprint density at radius 1 is 1.59 bits per heavy atom. The SMILES string of the molecule is COc1cc(C)c(CC(N)C(=O)O)c(C)c1Cl. The molecule has 0 saturated carbocycles. The zero-order valence-corrected chi connectivity index (χ0v) is 10.8. The number of nitrogens with two attached hydrogens (primary N) is 1. The molecule has 0 aliphatic heterocycles. The Balaban J connectivity index is 3.17. The number of carboxylic acids is 1. The van der Waals surface area contributed by atoms with Crippen molar-refractivity contribution in [2.24, 2.45) is 5.73 Å². The van der Waals surface area contributed by atoms with Crippen molar-refractivity contribution in [2.75, 3.05) is 7.11 Å². The third-order valence-corrected chi connectivity index (χ3v) is 3.25. The van der Waals surface area contributed by atoms with E-state index in [1.165, 1.54) is 0 Å². The molecule has 1 unspecified atom stereocenters. The Kier molecular flexibility index (Phi) is 4.37. The summed E-state index contributed by atoms with van der Waals surface area (Å²) < 4.78 is 5.13. The number of aryl methyl sites for hydroxylation is 1. The molecule has 0 spiro atoms. The van der Waals surface area contributed by atoms with Crippen molar-refractivity contribution < 1.29 is 14.6 Å². The highest BCUT2D eigenvalue weighted by molar-refractivity contribution is 6.33. The van der Waals surface area contributed by atoms with E-state index >= 15 is 0 Å². The molecule has 0 radical (unpaired) electrons. The van der Waals surface area contributed by atoms with Gasteiger partial charge in [-0.05, 0) is 43.0 Å². The molecular weight excluding hydrogens is 242 g/mol. The van der Waals surface area contributed by atoms with Crippen LogP contribution in [0.3, 0.4) is 0 Å². The second-order valence-electron chi connectivity index (χ2n) is 3.96. The number of rotatable bonds is 4. The fourth-order valence-electron chi connectivity index (χ4n) is 1.73. The number of halogens is 1. The summed E-state index contributed by atoms with van der Waals surface area (Å²) in [6, 6.07) is 0.871. The van der Waals surface area contributed by atoms with Crippen molar-refractivity contribution in [2.45, 2.75) is 26.3 Å². The van der Waals surface area contributed by atoms with Gasteiger partial charge in [-0.15, -0.1) is 0 Å². The lowest BCUT2D eigenvalue weighted by Gasteiger charge is -2.16. The maximum absolute atomic E-state index is 10.8. The van der Waals surface area contributed by atoms with Crippen LogP contribution in [0.15, 0.2) is 6.07 Å². The summed E-state index contributed by atoms with van der Waals surface area (Å²) in [5.41, 5.74) is 8.15. The van der Waals surface area contributed by atoms with Crippen LogP contribution >= 0.6 is 11.6 Å². The number of aliphatic carboxylic acids is 1. The molecule has 0 saturated heterocycles. The first kappa shape index (κ1) is 13.8. The quantitative estimate of drug-likeness (QED) is 0.864. The van der Waals surface area contributed by atoms with Gasteiger partial charge in [0.15, 0.2) is 0 Å². The lowest BCUT2D eigenvalue weighted by molar-refractivity contribution is -0.138. The summed E-state index contributed by atoms with van der Waals surface area (Å²) in [6.45, 7) is 3.72. The second kappa shape index (κ2) is 5.38. The third kappa shape index (κ3) is 2.90. The molecule has 3 N–H and O–H groups in total. The van der Waals surface area contributed by atoms with Crippen LogP contribution in [-0.4, -0.2) is 24.2 Å². The van der Waals surface area contributed by atoms with Gasteiger partial charge in [-0.3, -0.25) is 4.79 Å². The number of carbonyl (C=O) groups is 1. The van der Waals surface area contributed by atoms with E-state index < -0.39 is 12.0 Å². The van der Waals surface area contributed by atoms with E-state index in [0.717, 1.165) is 16.7 Å². The number of ether oxygens (including phenoxy) is 1. The van der Waals surface area contributed by atoms with E-state index in [1.54, 1.807) is 13.2 Å². The maximum atomic E-state index is 10.8. The number of benzene rings is 1. The lowest BCUT2D eigenvalue weighted by atomic mass is 9.96. The monoisotopic (exact) mass is 257 g/mol. The van der Waals surface area contributed by atoms with Crippen molar-refractivity contribution in [1.82, 2.24) is 0 Å². The highest BCUT2D eigenvalue weighted by Gasteiger charge is 2.18. The molecule has 4 nitrogen and oxygen atoms in total. The predicted molar refractivity (Wildman–Crippen MR) is 66.8 cm³/mol. The van der Waals surface area contributed by atoms with E-state index in [4.69, 9.17) is 27.2 Å². The predicted octanol–water partition coefficient (Wildman–Crippen LogP) is 1.92. The van der Waals surface area contributed by atoms with Gasteiger partial charge in [0.2, 0.25) is 0 Å². The van der Waals surface area contributed by atoms with Crippen molar-refractivity contribution in [3.8, 4) is 5.75 Å². The Morgan fingerprint density at radius 2 is 2.18 bits per heavy atom. The van der Waals surface area contributed by atoms with Gasteiger partial charge in [-0.2, -0.15) is 0 Å². The van der Waals surface area contributed by atoms with Crippen LogP contribution in [0.4, 0.5) is 0 Å². The second-order valence-corrected chi connectivity index (χ2v) is 4.34. The van der Waals surface area contributed by atoms with Gasteiger partial charge in [0.05, 0.1) is 12.1 Å². The van der Waals surface area contributed by atoms with Crippen molar-refractivity contribution in [1.29, 1.82) is 0 Å². The Bertz CT molecular complexity index is 446. The van der Waals surface area contributed by atoms with Crippen LogP contribution in [0.2, 0.25) is 5.02 Å². The molecule has 0 aliphatic rings. The zero-order chi connectivity index (χ0) is 13.2. The first-order valence-electron chi connectivity index (χ1n) is 5.19. The molecule has 94 valence electrons. The molecule has 1 aromatic rings. The molecular formula is C12H16ClNO3. The first-order chi connectivity index (χ1) is 7.88. The van der Waals surface area contributed by atoms with Gasteiger partial charge in [-0.1, -0.05) is 11.6 Å². The topological polar surface area (TPSA) is 72.5 Å². The Morgan fingerprint density at radius 3 is 2.65 bits per heavy atom. The fourth-order valence-corrected chi connectivity index (χ4v) is 1.98. The highest BCUT2D eigenvalue weighted by atomic mass is 35.5. The lowest BCUT2D eigenvalue weighted by Crippen LogP contribution is -2.32. The molecule has 0 amide bonds. The maximum Gasteiger partial charge on any atom is 0.320 e. The average molecular weight is 258 g/mol. The smallest absolute Gasteiger partial charge is 0.320 e. The number of hydrogen-bond acceptors (Lipinski definition) is 3. The van der Waals surface area contributed by atoms with Crippen LogP contribution in [0.25, 0.3) is 0 Å². The van der Waals surface area contributed by atoms with E-state index in [-0.39, 0.29) is 6.42 Å². The first-order valence-corrected chi connectivity index (χ1v) is 5.57. The molecule has 0 heterocycles. The van der Waals surface area contributed by atoms with Crippen molar-refractivity contribution >= 4 is 17.6 Å². The van der Waals surface area contributed by atoms with Crippen LogP contribution in [-0.2, 0) is 11.2 Å². The normalized spacial score (nSPS) is 12.3. The summed E-state index contributed by atoms with van der Waals surface area (Å²) in [4.78, 5) is 10.8. The minimum absolute atomic E-state index is 0.261. The van der Waals surface area contributed by atoms with E-state index in [1.807, 2.05) is 13.8 Å². The van der Waals surface area contributed by atoms with E-state index in [0.29, 0.717) is 10.8 Å². The zero-order valence-electron chi connectivity index (χ0n) is 10.1.